The number of rotatable bonds is 2. The van der Waals surface area contributed by atoms with Crippen LogP contribution in [0, 0.1) is 13.8 Å². The van der Waals surface area contributed by atoms with E-state index in [0.29, 0.717) is 5.76 Å². The van der Waals surface area contributed by atoms with E-state index in [1.807, 2.05) is 26.0 Å². The first-order chi connectivity index (χ1) is 8.95. The summed E-state index contributed by atoms with van der Waals surface area (Å²) in [6.45, 7) is 12.2. The second-order valence-corrected chi connectivity index (χ2v) is 5.19. The molecule has 1 atom stereocenters. The molecule has 1 heterocycles. The lowest BCUT2D eigenvalue weighted by Crippen LogP contribution is -2.07. The van der Waals surface area contributed by atoms with Crippen LogP contribution in [-0.4, -0.2) is 5.97 Å². The number of hydrogen-bond donors (Lipinski definition) is 0. The lowest BCUT2D eigenvalue weighted by Gasteiger charge is -2.10. The molecule has 19 heavy (non-hydrogen) atoms. The van der Waals surface area contributed by atoms with Crippen LogP contribution in [0.2, 0.25) is 0 Å². The fraction of sp³-hybridized carbons (Fsp3) is 0.353. The van der Waals surface area contributed by atoms with E-state index in [4.69, 9.17) is 4.74 Å². The van der Waals surface area contributed by atoms with Gasteiger partial charge in [0.05, 0.1) is 0 Å². The minimum absolute atomic E-state index is 0.212. The normalized spacial score (nSPS) is 21.6. The van der Waals surface area contributed by atoms with E-state index >= 15 is 0 Å². The molecular weight excluding hydrogens is 236 g/mol. The van der Waals surface area contributed by atoms with Gasteiger partial charge in [-0.3, -0.25) is 4.79 Å². The number of benzene rings is 1. The van der Waals surface area contributed by atoms with E-state index in [-0.39, 0.29) is 11.9 Å². The highest BCUT2D eigenvalue weighted by atomic mass is 16.5. The first-order valence-electron chi connectivity index (χ1n) is 6.63. The van der Waals surface area contributed by atoms with Gasteiger partial charge in [0.2, 0.25) is 0 Å². The summed E-state index contributed by atoms with van der Waals surface area (Å²) in [6.07, 6.45) is 0.862. The molecule has 0 bridgehead atoms. The Morgan fingerprint density at radius 3 is 2.58 bits per heavy atom. The summed E-state index contributed by atoms with van der Waals surface area (Å²) in [5, 5.41) is 0. The molecule has 0 aliphatic carbocycles. The SMILES string of the molecule is C=C1C(=C(C)CC)OC(=O)C1c1ccc(C)c(C)c1. The average molecular weight is 256 g/mol. The maximum atomic E-state index is 12.1. The van der Waals surface area contributed by atoms with Gasteiger partial charge < -0.3 is 4.74 Å². The molecule has 100 valence electrons. The van der Waals surface area contributed by atoms with Gasteiger partial charge >= 0.3 is 5.97 Å². The van der Waals surface area contributed by atoms with Crippen LogP contribution >= 0.6 is 0 Å². The van der Waals surface area contributed by atoms with E-state index in [0.717, 1.165) is 23.1 Å². The van der Waals surface area contributed by atoms with Crippen molar-refractivity contribution in [1.29, 1.82) is 0 Å². The van der Waals surface area contributed by atoms with Gasteiger partial charge in [0.1, 0.15) is 11.7 Å². The van der Waals surface area contributed by atoms with E-state index < -0.39 is 0 Å². The van der Waals surface area contributed by atoms with E-state index in [9.17, 15) is 4.79 Å². The predicted molar refractivity (Wildman–Crippen MR) is 76.9 cm³/mol. The van der Waals surface area contributed by atoms with Crippen molar-refractivity contribution in [3.63, 3.8) is 0 Å². The Kier molecular flexibility index (Phi) is 3.61. The van der Waals surface area contributed by atoms with Gasteiger partial charge in [-0.05, 0) is 49.5 Å². The minimum atomic E-state index is -0.351. The molecule has 0 N–H and O–H groups in total. The van der Waals surface area contributed by atoms with Crippen LogP contribution in [0.5, 0.6) is 0 Å². The molecule has 2 rings (SSSR count). The second-order valence-electron chi connectivity index (χ2n) is 5.19. The number of carbonyl (C=O) groups excluding carboxylic acids is 1. The van der Waals surface area contributed by atoms with Gasteiger partial charge in [0, 0.05) is 5.57 Å². The van der Waals surface area contributed by atoms with Gasteiger partial charge in [-0.2, -0.15) is 0 Å². The monoisotopic (exact) mass is 256 g/mol. The third-order valence-corrected chi connectivity index (χ3v) is 3.86. The van der Waals surface area contributed by atoms with Gasteiger partial charge in [0.25, 0.3) is 0 Å². The second kappa shape index (κ2) is 5.04. The molecule has 0 aromatic heterocycles. The van der Waals surface area contributed by atoms with Crippen LogP contribution < -0.4 is 0 Å². The van der Waals surface area contributed by atoms with Gasteiger partial charge in [-0.1, -0.05) is 31.7 Å². The standard InChI is InChI=1S/C17H20O2/c1-6-10(2)16-13(5)15(17(18)19-16)14-8-7-11(3)12(4)9-14/h7-9,15H,5-6H2,1-4H3. The lowest BCUT2D eigenvalue weighted by molar-refractivity contribution is -0.136. The van der Waals surface area contributed by atoms with Crippen molar-refractivity contribution in [3.8, 4) is 0 Å². The van der Waals surface area contributed by atoms with Crippen molar-refractivity contribution in [3.05, 3.63) is 58.4 Å². The van der Waals surface area contributed by atoms with Crippen molar-refractivity contribution in [2.45, 2.75) is 40.0 Å². The van der Waals surface area contributed by atoms with Crippen LogP contribution in [0.4, 0.5) is 0 Å². The number of aryl methyl sites for hydroxylation is 2. The van der Waals surface area contributed by atoms with Gasteiger partial charge in [-0.25, -0.2) is 0 Å². The summed E-state index contributed by atoms with van der Waals surface area (Å²) in [6, 6.07) is 6.08. The van der Waals surface area contributed by atoms with Crippen LogP contribution in [0.15, 0.2) is 41.7 Å². The summed E-state index contributed by atoms with van der Waals surface area (Å²) in [4.78, 5) is 12.1. The first-order valence-corrected chi connectivity index (χ1v) is 6.63. The van der Waals surface area contributed by atoms with Gasteiger partial charge in [-0.15, -0.1) is 0 Å². The number of cyclic esters (lactones) is 1. The number of allylic oxidation sites excluding steroid dienone is 2. The Labute approximate surface area is 114 Å². The summed E-state index contributed by atoms with van der Waals surface area (Å²) < 4.78 is 5.40. The number of esters is 1. The molecule has 1 unspecified atom stereocenters. The zero-order chi connectivity index (χ0) is 14.2. The van der Waals surface area contributed by atoms with Crippen molar-refractivity contribution < 1.29 is 9.53 Å². The zero-order valence-electron chi connectivity index (χ0n) is 12.0. The number of hydrogen-bond acceptors (Lipinski definition) is 2. The quantitative estimate of drug-likeness (QED) is 0.742. The molecule has 0 saturated carbocycles. The third-order valence-electron chi connectivity index (χ3n) is 3.86. The Morgan fingerprint density at radius 2 is 2.00 bits per heavy atom. The molecule has 2 heteroatoms. The summed E-state index contributed by atoms with van der Waals surface area (Å²) in [7, 11) is 0. The van der Waals surface area contributed by atoms with Crippen molar-refractivity contribution >= 4 is 5.97 Å². The molecule has 1 aromatic carbocycles. The van der Waals surface area contributed by atoms with Crippen molar-refractivity contribution in [1.82, 2.24) is 0 Å². The molecule has 1 aliphatic rings. The van der Waals surface area contributed by atoms with Crippen LogP contribution in [0.25, 0.3) is 0 Å². The van der Waals surface area contributed by atoms with Crippen LogP contribution in [0.1, 0.15) is 42.9 Å². The minimum Gasteiger partial charge on any atom is -0.426 e. The topological polar surface area (TPSA) is 26.3 Å². The summed E-state index contributed by atoms with van der Waals surface area (Å²) >= 11 is 0. The molecule has 0 amide bonds. The fourth-order valence-electron chi connectivity index (χ4n) is 2.30. The molecule has 1 fully saturated rings. The maximum absolute atomic E-state index is 12.1. The van der Waals surface area contributed by atoms with E-state index in [2.05, 4.69) is 26.5 Å². The molecule has 2 nitrogen and oxygen atoms in total. The maximum Gasteiger partial charge on any atom is 0.323 e. The van der Waals surface area contributed by atoms with E-state index in [1.165, 1.54) is 11.1 Å². The van der Waals surface area contributed by atoms with Gasteiger partial charge in [0.15, 0.2) is 0 Å². The highest BCUT2D eigenvalue weighted by molar-refractivity contribution is 5.88. The first kappa shape index (κ1) is 13.6. The Hall–Kier alpha value is -1.83. The lowest BCUT2D eigenvalue weighted by atomic mass is 9.90. The Morgan fingerprint density at radius 1 is 1.32 bits per heavy atom. The summed E-state index contributed by atoms with van der Waals surface area (Å²) in [5.74, 6) is 0.114. The molecule has 1 aliphatic heterocycles. The molecule has 0 radical (unpaired) electrons. The van der Waals surface area contributed by atoms with Crippen LogP contribution in [0.3, 0.4) is 0 Å². The Bertz CT molecular complexity index is 579. The van der Waals surface area contributed by atoms with Crippen molar-refractivity contribution in [2.24, 2.45) is 0 Å². The van der Waals surface area contributed by atoms with Crippen LogP contribution in [-0.2, 0) is 9.53 Å². The molecule has 0 spiro atoms. The molecular formula is C17H20O2. The zero-order valence-corrected chi connectivity index (χ0v) is 12.0. The molecule has 1 saturated heterocycles. The fourth-order valence-corrected chi connectivity index (χ4v) is 2.30. The van der Waals surface area contributed by atoms with Crippen molar-refractivity contribution in [2.75, 3.05) is 0 Å². The highest BCUT2D eigenvalue weighted by Gasteiger charge is 2.36. The van der Waals surface area contributed by atoms with E-state index in [1.54, 1.807) is 0 Å². The smallest absolute Gasteiger partial charge is 0.323 e. The average Bonchev–Trinajstić information content (AvgIpc) is 2.68. The number of ether oxygens (including phenoxy) is 1. The molecule has 1 aromatic rings. The largest absolute Gasteiger partial charge is 0.426 e. The highest BCUT2D eigenvalue weighted by Crippen LogP contribution is 2.39. The summed E-state index contributed by atoms with van der Waals surface area (Å²) in [5.41, 5.74) is 5.23. The Balaban J connectivity index is 2.43. The predicted octanol–water partition coefficient (Wildman–Crippen LogP) is 4.18. The third kappa shape index (κ3) is 2.35. The number of carbonyl (C=O) groups is 1.